The summed E-state index contributed by atoms with van der Waals surface area (Å²) in [6.45, 7) is 10.3. The SMILES string of the molecule is CCCCCCCCCCc1cnnnc1NCCC(OCC)(OCC)OCC. The maximum absolute atomic E-state index is 5.77. The number of ether oxygens (including phenoxy) is 3. The van der Waals surface area contributed by atoms with Gasteiger partial charge in [-0.2, -0.15) is 0 Å². The van der Waals surface area contributed by atoms with Crippen LogP contribution in [0.2, 0.25) is 0 Å². The molecule has 0 aliphatic rings. The van der Waals surface area contributed by atoms with E-state index in [0.717, 1.165) is 24.2 Å². The normalized spacial score (nSPS) is 11.7. The molecule has 0 radical (unpaired) electrons. The summed E-state index contributed by atoms with van der Waals surface area (Å²) < 4.78 is 17.3. The molecule has 0 spiro atoms. The Kier molecular flexibility index (Phi) is 14.6. The van der Waals surface area contributed by atoms with Gasteiger partial charge in [0.25, 0.3) is 5.97 Å². The van der Waals surface area contributed by atoms with Gasteiger partial charge in [0.05, 0.1) is 6.20 Å². The molecule has 0 aliphatic carbocycles. The Hall–Kier alpha value is -1.31. The van der Waals surface area contributed by atoms with Crippen LogP contribution in [0.4, 0.5) is 5.82 Å². The van der Waals surface area contributed by atoms with E-state index in [-0.39, 0.29) is 0 Å². The molecule has 7 nitrogen and oxygen atoms in total. The van der Waals surface area contributed by atoms with Crippen molar-refractivity contribution in [2.45, 2.75) is 97.9 Å². The first kappa shape index (κ1) is 25.7. The van der Waals surface area contributed by atoms with E-state index >= 15 is 0 Å². The molecule has 1 heterocycles. The number of nitrogens with zero attached hydrogens (tertiary/aromatic N) is 3. The van der Waals surface area contributed by atoms with Crippen LogP contribution in [0.25, 0.3) is 0 Å². The first-order valence-electron chi connectivity index (χ1n) is 11.5. The molecule has 1 N–H and O–H groups in total. The highest BCUT2D eigenvalue weighted by molar-refractivity contribution is 5.41. The zero-order chi connectivity index (χ0) is 21.2. The van der Waals surface area contributed by atoms with E-state index in [1.54, 1.807) is 0 Å². The first-order chi connectivity index (χ1) is 14.2. The lowest BCUT2D eigenvalue weighted by Gasteiger charge is -2.32. The van der Waals surface area contributed by atoms with E-state index < -0.39 is 5.97 Å². The van der Waals surface area contributed by atoms with Crippen molar-refractivity contribution >= 4 is 5.82 Å². The fourth-order valence-corrected chi connectivity index (χ4v) is 3.41. The van der Waals surface area contributed by atoms with Crippen molar-refractivity contribution in [3.8, 4) is 0 Å². The fourth-order valence-electron chi connectivity index (χ4n) is 3.41. The highest BCUT2D eigenvalue weighted by Crippen LogP contribution is 2.21. The van der Waals surface area contributed by atoms with Crippen LogP contribution in [0.5, 0.6) is 0 Å². The van der Waals surface area contributed by atoms with Crippen LogP contribution in [-0.4, -0.2) is 47.7 Å². The van der Waals surface area contributed by atoms with Crippen molar-refractivity contribution < 1.29 is 14.2 Å². The molecule has 0 saturated heterocycles. The molecule has 0 aliphatic heterocycles. The Labute approximate surface area is 177 Å². The van der Waals surface area contributed by atoms with Gasteiger partial charge in [-0.15, -0.1) is 10.2 Å². The number of anilines is 1. The van der Waals surface area contributed by atoms with Crippen molar-refractivity contribution in [3.05, 3.63) is 11.8 Å². The average molecular weight is 411 g/mol. The highest BCUT2D eigenvalue weighted by atomic mass is 16.9. The predicted molar refractivity (Wildman–Crippen MR) is 117 cm³/mol. The zero-order valence-corrected chi connectivity index (χ0v) is 19.0. The molecule has 0 unspecified atom stereocenters. The molecule has 0 amide bonds. The average Bonchev–Trinajstić information content (AvgIpc) is 2.71. The second kappa shape index (κ2) is 16.5. The van der Waals surface area contributed by atoms with E-state index in [9.17, 15) is 0 Å². The number of nitrogens with one attached hydrogen (secondary N) is 1. The summed E-state index contributed by atoms with van der Waals surface area (Å²) in [6, 6.07) is 0. The molecule has 1 aromatic heterocycles. The number of aryl methyl sites for hydroxylation is 1. The lowest BCUT2D eigenvalue weighted by Crippen LogP contribution is -2.41. The van der Waals surface area contributed by atoms with Gasteiger partial charge in [0.1, 0.15) is 0 Å². The molecule has 0 fully saturated rings. The molecule has 29 heavy (non-hydrogen) atoms. The summed E-state index contributed by atoms with van der Waals surface area (Å²) >= 11 is 0. The Morgan fingerprint density at radius 1 is 0.828 bits per heavy atom. The van der Waals surface area contributed by atoms with Crippen LogP contribution in [0, 0.1) is 0 Å². The minimum absolute atomic E-state index is 0.527. The van der Waals surface area contributed by atoms with Crippen molar-refractivity contribution in [3.63, 3.8) is 0 Å². The minimum Gasteiger partial charge on any atom is -0.368 e. The van der Waals surface area contributed by atoms with E-state index in [4.69, 9.17) is 14.2 Å². The van der Waals surface area contributed by atoms with Gasteiger partial charge in [-0.25, -0.2) is 0 Å². The Morgan fingerprint density at radius 3 is 2.00 bits per heavy atom. The number of hydrogen-bond donors (Lipinski definition) is 1. The molecule has 7 heteroatoms. The molecule has 0 saturated carbocycles. The van der Waals surface area contributed by atoms with Crippen LogP contribution < -0.4 is 5.32 Å². The van der Waals surface area contributed by atoms with Crippen LogP contribution in [0.15, 0.2) is 6.20 Å². The van der Waals surface area contributed by atoms with Gasteiger partial charge < -0.3 is 19.5 Å². The second-order valence-electron chi connectivity index (χ2n) is 7.19. The van der Waals surface area contributed by atoms with Gasteiger partial charge >= 0.3 is 0 Å². The molecular weight excluding hydrogens is 368 g/mol. The van der Waals surface area contributed by atoms with Gasteiger partial charge in [0.2, 0.25) is 0 Å². The third-order valence-corrected chi connectivity index (χ3v) is 4.83. The quantitative estimate of drug-likeness (QED) is 0.250. The summed E-state index contributed by atoms with van der Waals surface area (Å²) in [5.74, 6) is -0.217. The molecule has 0 bridgehead atoms. The van der Waals surface area contributed by atoms with E-state index in [1.165, 1.54) is 44.9 Å². The minimum atomic E-state index is -1.01. The summed E-state index contributed by atoms with van der Waals surface area (Å²) in [7, 11) is 0. The standard InChI is InChI=1S/C22H42N4O3/c1-5-9-10-11-12-13-14-15-16-20-19-24-26-25-21(20)23-18-17-22(27-6-2,28-7-3)29-8-4/h19H,5-18H2,1-4H3,(H,23,24,25). The summed E-state index contributed by atoms with van der Waals surface area (Å²) in [6.07, 6.45) is 13.8. The Bertz CT molecular complexity index is 500. The lowest BCUT2D eigenvalue weighted by molar-refractivity contribution is -0.378. The number of unbranched alkanes of at least 4 members (excludes halogenated alkanes) is 7. The summed E-state index contributed by atoms with van der Waals surface area (Å²) in [5.41, 5.74) is 1.11. The van der Waals surface area contributed by atoms with Crippen LogP contribution in [0.3, 0.4) is 0 Å². The number of aromatic nitrogens is 3. The Balaban J connectivity index is 2.44. The van der Waals surface area contributed by atoms with Crippen LogP contribution >= 0.6 is 0 Å². The lowest BCUT2D eigenvalue weighted by atomic mass is 10.1. The second-order valence-corrected chi connectivity index (χ2v) is 7.19. The largest absolute Gasteiger partial charge is 0.368 e. The molecule has 0 aromatic carbocycles. The topological polar surface area (TPSA) is 78.4 Å². The van der Waals surface area contributed by atoms with Crippen molar-refractivity contribution in [1.82, 2.24) is 15.4 Å². The molecule has 1 aromatic rings. The molecule has 0 atom stereocenters. The number of rotatable bonds is 19. The van der Waals surface area contributed by atoms with Gasteiger partial charge in [-0.05, 0) is 38.8 Å². The first-order valence-corrected chi connectivity index (χ1v) is 11.5. The third-order valence-electron chi connectivity index (χ3n) is 4.83. The smallest absolute Gasteiger partial charge is 0.284 e. The maximum Gasteiger partial charge on any atom is 0.284 e. The summed E-state index contributed by atoms with van der Waals surface area (Å²) in [4.78, 5) is 0. The van der Waals surface area contributed by atoms with Crippen LogP contribution in [-0.2, 0) is 20.6 Å². The van der Waals surface area contributed by atoms with E-state index in [0.29, 0.717) is 32.8 Å². The van der Waals surface area contributed by atoms with E-state index in [1.807, 2.05) is 27.0 Å². The molecule has 1 rings (SSSR count). The zero-order valence-electron chi connectivity index (χ0n) is 19.0. The predicted octanol–water partition coefficient (Wildman–Crippen LogP) is 5.12. The van der Waals surface area contributed by atoms with Gasteiger partial charge in [-0.3, -0.25) is 0 Å². The van der Waals surface area contributed by atoms with Crippen molar-refractivity contribution in [2.75, 3.05) is 31.7 Å². The van der Waals surface area contributed by atoms with E-state index in [2.05, 4.69) is 27.7 Å². The van der Waals surface area contributed by atoms with Gasteiger partial charge in [0, 0.05) is 38.3 Å². The van der Waals surface area contributed by atoms with Crippen LogP contribution in [0.1, 0.15) is 91.0 Å². The maximum atomic E-state index is 5.77. The van der Waals surface area contributed by atoms with Crippen molar-refractivity contribution in [1.29, 1.82) is 0 Å². The third kappa shape index (κ3) is 10.9. The monoisotopic (exact) mass is 410 g/mol. The fraction of sp³-hybridized carbons (Fsp3) is 0.864. The highest BCUT2D eigenvalue weighted by Gasteiger charge is 2.32. The molecule has 168 valence electrons. The Morgan fingerprint density at radius 2 is 1.41 bits per heavy atom. The summed E-state index contributed by atoms with van der Waals surface area (Å²) in [5, 5.41) is 15.3. The molecular formula is C22H42N4O3. The van der Waals surface area contributed by atoms with Crippen molar-refractivity contribution in [2.24, 2.45) is 0 Å². The van der Waals surface area contributed by atoms with Gasteiger partial charge in [-0.1, -0.05) is 51.9 Å². The number of hydrogen-bond acceptors (Lipinski definition) is 7. The van der Waals surface area contributed by atoms with Gasteiger partial charge in [0.15, 0.2) is 5.82 Å².